The average Bonchev–Trinajstić information content (AvgIpc) is 3.18. The fourth-order valence-corrected chi connectivity index (χ4v) is 6.72. The van der Waals surface area contributed by atoms with Crippen molar-refractivity contribution in [3.05, 3.63) is 69.9 Å². The van der Waals surface area contributed by atoms with Crippen molar-refractivity contribution in [1.82, 2.24) is 0 Å². The standard InChI is InChI=1S/C24H25NO4S2/c1-3-4-12-29-18-10-8-17(9-11-18)20-14-22(26)25-23-21(15-30-24(20)23)31(27,28)19-7-5-6-16(2)13-19/h5-11,13,15,20H,3-4,12,14H2,1-2H3,(H,25,26)/t20-/m0/s1. The van der Waals surface area contributed by atoms with Crippen LogP contribution in [0.2, 0.25) is 0 Å². The molecule has 1 amide bonds. The van der Waals surface area contributed by atoms with E-state index in [0.717, 1.165) is 34.6 Å². The molecule has 162 valence electrons. The summed E-state index contributed by atoms with van der Waals surface area (Å²) in [6.07, 6.45) is 2.36. The van der Waals surface area contributed by atoms with Crippen molar-refractivity contribution >= 4 is 32.8 Å². The first-order valence-corrected chi connectivity index (χ1v) is 12.7. The number of nitrogens with one attached hydrogen (secondary N) is 1. The van der Waals surface area contributed by atoms with Crippen LogP contribution >= 0.6 is 11.3 Å². The van der Waals surface area contributed by atoms with Gasteiger partial charge >= 0.3 is 0 Å². The van der Waals surface area contributed by atoms with Crippen molar-refractivity contribution in [1.29, 1.82) is 0 Å². The maximum Gasteiger partial charge on any atom is 0.225 e. The summed E-state index contributed by atoms with van der Waals surface area (Å²) in [4.78, 5) is 13.8. The number of fused-ring (bicyclic) bond motifs is 1. The molecule has 0 spiro atoms. The summed E-state index contributed by atoms with van der Waals surface area (Å²) in [5.41, 5.74) is 2.25. The zero-order valence-corrected chi connectivity index (χ0v) is 19.2. The Balaban J connectivity index is 1.67. The highest BCUT2D eigenvalue weighted by atomic mass is 32.2. The summed E-state index contributed by atoms with van der Waals surface area (Å²) in [6, 6.07) is 14.6. The minimum atomic E-state index is -3.73. The lowest BCUT2D eigenvalue weighted by Crippen LogP contribution is -2.23. The zero-order chi connectivity index (χ0) is 22.0. The molecule has 1 N–H and O–H groups in total. The first-order chi connectivity index (χ1) is 14.9. The molecule has 0 bridgehead atoms. The lowest BCUT2D eigenvalue weighted by Gasteiger charge is -2.24. The summed E-state index contributed by atoms with van der Waals surface area (Å²) >= 11 is 1.38. The van der Waals surface area contributed by atoms with Crippen LogP contribution < -0.4 is 10.1 Å². The molecule has 0 saturated heterocycles. The van der Waals surface area contributed by atoms with Gasteiger partial charge in [-0.3, -0.25) is 4.79 Å². The van der Waals surface area contributed by atoms with Crippen molar-refractivity contribution in [3.63, 3.8) is 0 Å². The molecular formula is C24H25NO4S2. The maximum absolute atomic E-state index is 13.3. The van der Waals surface area contributed by atoms with Crippen LogP contribution in [-0.4, -0.2) is 20.9 Å². The number of unbranched alkanes of at least 4 members (excludes halogenated alkanes) is 1. The molecule has 2 heterocycles. The quantitative estimate of drug-likeness (QED) is 0.475. The van der Waals surface area contributed by atoms with E-state index in [2.05, 4.69) is 12.2 Å². The Morgan fingerprint density at radius 1 is 1.16 bits per heavy atom. The topological polar surface area (TPSA) is 72.5 Å². The number of sulfone groups is 1. The van der Waals surface area contributed by atoms with E-state index in [-0.39, 0.29) is 28.0 Å². The van der Waals surface area contributed by atoms with Crippen molar-refractivity contribution in [2.75, 3.05) is 11.9 Å². The van der Waals surface area contributed by atoms with E-state index in [9.17, 15) is 13.2 Å². The summed E-state index contributed by atoms with van der Waals surface area (Å²) in [5.74, 6) is 0.436. The first kappa shape index (κ1) is 21.6. The van der Waals surface area contributed by atoms with Crippen LogP contribution in [0.3, 0.4) is 0 Å². The highest BCUT2D eigenvalue weighted by molar-refractivity contribution is 7.91. The number of rotatable bonds is 7. The smallest absolute Gasteiger partial charge is 0.225 e. The number of hydrogen-bond acceptors (Lipinski definition) is 5. The average molecular weight is 456 g/mol. The third-order valence-corrected chi connectivity index (χ3v) is 8.42. The highest BCUT2D eigenvalue weighted by Crippen LogP contribution is 2.46. The summed E-state index contributed by atoms with van der Waals surface area (Å²) in [5, 5.41) is 4.45. The van der Waals surface area contributed by atoms with E-state index < -0.39 is 9.84 Å². The van der Waals surface area contributed by atoms with Gasteiger partial charge in [-0.05, 0) is 48.7 Å². The van der Waals surface area contributed by atoms with Crippen molar-refractivity contribution < 1.29 is 17.9 Å². The van der Waals surface area contributed by atoms with Gasteiger partial charge in [-0.1, -0.05) is 37.6 Å². The molecule has 1 aliphatic rings. The minimum absolute atomic E-state index is 0.163. The zero-order valence-electron chi connectivity index (χ0n) is 17.6. The molecule has 0 unspecified atom stereocenters. The Labute approximate surface area is 187 Å². The van der Waals surface area contributed by atoms with Crippen LogP contribution in [0.5, 0.6) is 5.75 Å². The largest absolute Gasteiger partial charge is 0.494 e. The van der Waals surface area contributed by atoms with Gasteiger partial charge < -0.3 is 10.1 Å². The van der Waals surface area contributed by atoms with Gasteiger partial charge in [0.1, 0.15) is 10.6 Å². The molecule has 7 heteroatoms. The molecule has 0 saturated carbocycles. The fourth-order valence-electron chi connectivity index (χ4n) is 3.71. The van der Waals surface area contributed by atoms with Crippen LogP contribution in [0.1, 0.15) is 48.1 Å². The van der Waals surface area contributed by atoms with Crippen LogP contribution in [0, 0.1) is 6.92 Å². The lowest BCUT2D eigenvalue weighted by molar-refractivity contribution is -0.116. The number of carbonyl (C=O) groups excluding carboxylic acids is 1. The second kappa shape index (κ2) is 8.85. The van der Waals surface area contributed by atoms with Gasteiger partial charge in [0.05, 0.1) is 17.2 Å². The Bertz CT molecular complexity index is 1200. The van der Waals surface area contributed by atoms with Crippen LogP contribution in [-0.2, 0) is 14.6 Å². The van der Waals surface area contributed by atoms with E-state index in [1.54, 1.807) is 23.6 Å². The number of ether oxygens (including phenoxy) is 1. The van der Waals surface area contributed by atoms with Gasteiger partial charge in [0, 0.05) is 22.6 Å². The minimum Gasteiger partial charge on any atom is -0.494 e. The predicted octanol–water partition coefficient (Wildman–Crippen LogP) is 5.54. The molecular weight excluding hydrogens is 430 g/mol. The molecule has 3 aromatic rings. The molecule has 4 rings (SSSR count). The Morgan fingerprint density at radius 3 is 2.65 bits per heavy atom. The van der Waals surface area contributed by atoms with E-state index in [0.29, 0.717) is 12.3 Å². The van der Waals surface area contributed by atoms with Gasteiger partial charge in [0.2, 0.25) is 15.7 Å². The third-order valence-electron chi connectivity index (χ3n) is 5.39. The number of amides is 1. The summed E-state index contributed by atoms with van der Waals surface area (Å²) in [6.45, 7) is 4.65. The Morgan fingerprint density at radius 2 is 1.94 bits per heavy atom. The van der Waals surface area contributed by atoms with Gasteiger partial charge in [-0.2, -0.15) is 0 Å². The lowest BCUT2D eigenvalue weighted by atomic mass is 9.90. The number of thiophene rings is 1. The summed E-state index contributed by atoms with van der Waals surface area (Å²) in [7, 11) is -3.73. The molecule has 5 nitrogen and oxygen atoms in total. The molecule has 0 fully saturated rings. The van der Waals surface area contributed by atoms with E-state index in [1.165, 1.54) is 11.3 Å². The number of aryl methyl sites for hydroxylation is 1. The Hall–Kier alpha value is -2.64. The number of hydrogen-bond donors (Lipinski definition) is 1. The monoisotopic (exact) mass is 455 g/mol. The molecule has 31 heavy (non-hydrogen) atoms. The first-order valence-electron chi connectivity index (χ1n) is 10.4. The predicted molar refractivity (Wildman–Crippen MR) is 123 cm³/mol. The van der Waals surface area contributed by atoms with E-state index in [1.807, 2.05) is 37.3 Å². The second-order valence-electron chi connectivity index (χ2n) is 7.74. The fraction of sp³-hybridized carbons (Fsp3) is 0.292. The molecule has 1 aliphatic heterocycles. The second-order valence-corrected chi connectivity index (χ2v) is 10.6. The molecule has 1 aromatic heterocycles. The molecule has 2 aromatic carbocycles. The SMILES string of the molecule is CCCCOc1ccc([C@@H]2CC(=O)Nc3c(S(=O)(=O)c4cccc(C)c4)csc32)cc1. The normalized spacial score (nSPS) is 15.9. The third kappa shape index (κ3) is 4.38. The van der Waals surface area contributed by atoms with Gasteiger partial charge in [0.15, 0.2) is 0 Å². The summed E-state index contributed by atoms with van der Waals surface area (Å²) < 4.78 is 32.3. The van der Waals surface area contributed by atoms with Crippen molar-refractivity contribution in [3.8, 4) is 5.75 Å². The maximum atomic E-state index is 13.3. The van der Waals surface area contributed by atoms with Gasteiger partial charge in [0.25, 0.3) is 0 Å². The molecule has 1 atom stereocenters. The van der Waals surface area contributed by atoms with Crippen LogP contribution in [0.4, 0.5) is 5.69 Å². The van der Waals surface area contributed by atoms with Gasteiger partial charge in [-0.15, -0.1) is 11.3 Å². The van der Waals surface area contributed by atoms with Crippen LogP contribution in [0.15, 0.2) is 63.7 Å². The number of benzene rings is 2. The molecule has 0 aliphatic carbocycles. The number of carbonyl (C=O) groups is 1. The van der Waals surface area contributed by atoms with Crippen LogP contribution in [0.25, 0.3) is 0 Å². The van der Waals surface area contributed by atoms with Crippen molar-refractivity contribution in [2.45, 2.75) is 48.8 Å². The van der Waals surface area contributed by atoms with E-state index >= 15 is 0 Å². The number of anilines is 1. The van der Waals surface area contributed by atoms with Gasteiger partial charge in [-0.25, -0.2) is 8.42 Å². The highest BCUT2D eigenvalue weighted by Gasteiger charge is 2.34. The Kier molecular flexibility index (Phi) is 6.16. The molecule has 0 radical (unpaired) electrons. The van der Waals surface area contributed by atoms with Crippen molar-refractivity contribution in [2.24, 2.45) is 0 Å². The van der Waals surface area contributed by atoms with E-state index in [4.69, 9.17) is 4.74 Å².